The van der Waals surface area contributed by atoms with Crippen molar-refractivity contribution in [2.45, 2.75) is 11.1 Å². The number of esters is 1. The van der Waals surface area contributed by atoms with Gasteiger partial charge in [0.25, 0.3) is 0 Å². The van der Waals surface area contributed by atoms with E-state index < -0.39 is 22.8 Å². The molecule has 18 heavy (non-hydrogen) atoms. The third-order valence-electron chi connectivity index (χ3n) is 2.08. The third kappa shape index (κ3) is 2.15. The maximum atomic E-state index is 12.5. The Kier molecular flexibility index (Phi) is 3.20. The highest BCUT2D eigenvalue weighted by atomic mass is 32.2. The van der Waals surface area contributed by atoms with Gasteiger partial charge in [-0.05, 0) is 18.0 Å². The Bertz CT molecular complexity index is 536. The first-order valence-electron chi connectivity index (χ1n) is 4.50. The minimum absolute atomic E-state index is 0.00600. The number of alkyl halides is 3. The minimum atomic E-state index is -4.48. The summed E-state index contributed by atoms with van der Waals surface area (Å²) in [6.45, 7) is 0. The van der Waals surface area contributed by atoms with Crippen molar-refractivity contribution in [1.29, 1.82) is 0 Å². The molecule has 1 aromatic rings. The molecule has 0 saturated carbocycles. The van der Waals surface area contributed by atoms with E-state index in [1.165, 1.54) is 0 Å². The first-order chi connectivity index (χ1) is 8.34. The molecular formula is C9H6F3NO3S2. The van der Waals surface area contributed by atoms with Crippen molar-refractivity contribution in [3.63, 3.8) is 0 Å². The Hall–Kier alpha value is -1.35. The molecule has 9 heteroatoms. The molecule has 1 aliphatic heterocycles. The van der Waals surface area contributed by atoms with Crippen LogP contribution in [0.25, 0.3) is 5.76 Å². The largest absolute Gasteiger partial charge is 0.504 e. The van der Waals surface area contributed by atoms with Gasteiger partial charge in [-0.25, -0.2) is 4.79 Å². The number of hydrogen-bond donors (Lipinski definition) is 2. The van der Waals surface area contributed by atoms with E-state index in [1.54, 1.807) is 0 Å². The normalized spacial score (nSPS) is 15.1. The minimum Gasteiger partial charge on any atom is -0.504 e. The molecule has 0 saturated heterocycles. The van der Waals surface area contributed by atoms with E-state index in [0.717, 1.165) is 25.1 Å². The lowest BCUT2D eigenvalue weighted by Crippen LogP contribution is -2.20. The summed E-state index contributed by atoms with van der Waals surface area (Å²) in [6.07, 6.45) is -4.48. The van der Waals surface area contributed by atoms with Crippen LogP contribution in [-0.2, 0) is 15.7 Å². The zero-order chi connectivity index (χ0) is 13.5. The number of aliphatic hydroxyl groups is 1. The molecule has 0 bridgehead atoms. The van der Waals surface area contributed by atoms with Gasteiger partial charge in [-0.3, -0.25) is 0 Å². The fourth-order valence-corrected chi connectivity index (χ4v) is 3.22. The van der Waals surface area contributed by atoms with Crippen LogP contribution in [0.2, 0.25) is 0 Å². The monoisotopic (exact) mass is 297 g/mol. The number of aliphatic hydroxyl groups excluding tert-OH is 1. The number of ether oxygens (including phenoxy) is 1. The highest BCUT2D eigenvalue weighted by molar-refractivity contribution is 7.97. The van der Waals surface area contributed by atoms with E-state index in [-0.39, 0.29) is 15.5 Å². The number of methoxy groups -OCH3 is 1. The number of halogens is 3. The first kappa shape index (κ1) is 13.1. The highest BCUT2D eigenvalue weighted by Gasteiger charge is 2.36. The van der Waals surface area contributed by atoms with E-state index in [1.807, 2.05) is 0 Å². The Morgan fingerprint density at radius 3 is 2.72 bits per heavy atom. The molecule has 0 aromatic carbocycles. The van der Waals surface area contributed by atoms with E-state index in [0.29, 0.717) is 11.3 Å². The van der Waals surface area contributed by atoms with Crippen molar-refractivity contribution < 1.29 is 27.8 Å². The summed E-state index contributed by atoms with van der Waals surface area (Å²) in [7, 11) is 1.11. The molecule has 0 amide bonds. The zero-order valence-electron chi connectivity index (χ0n) is 8.79. The smallest absolute Gasteiger partial charge is 0.425 e. The highest BCUT2D eigenvalue weighted by Crippen LogP contribution is 2.44. The number of nitrogens with one attached hydrogen (secondary N) is 1. The average molecular weight is 297 g/mol. The van der Waals surface area contributed by atoms with Crippen LogP contribution in [0.5, 0.6) is 0 Å². The summed E-state index contributed by atoms with van der Waals surface area (Å²) in [5, 5.41) is 9.75. The molecule has 0 fully saturated rings. The standard InChI is InChI=1S/C9H6F3NO3S2/c1-16-8(15)5-6(14)7-3(18-13-5)2-4(17-7)9(10,11)12/h2,13-14H,1H3. The summed E-state index contributed by atoms with van der Waals surface area (Å²) in [4.78, 5) is 10.6. The number of thiophene rings is 1. The van der Waals surface area contributed by atoms with Crippen LogP contribution in [-0.4, -0.2) is 18.2 Å². The Labute approximate surface area is 108 Å². The molecule has 0 aliphatic carbocycles. The Morgan fingerprint density at radius 2 is 2.17 bits per heavy atom. The van der Waals surface area contributed by atoms with Crippen molar-refractivity contribution in [2.75, 3.05) is 7.11 Å². The number of carbonyl (C=O) groups excluding carboxylic acids is 1. The van der Waals surface area contributed by atoms with Crippen molar-refractivity contribution >= 4 is 35.0 Å². The van der Waals surface area contributed by atoms with Gasteiger partial charge in [0, 0.05) is 0 Å². The fraction of sp³-hybridized carbons (Fsp3) is 0.222. The predicted octanol–water partition coefficient (Wildman–Crippen LogP) is 2.78. The molecule has 2 N–H and O–H groups in total. The van der Waals surface area contributed by atoms with Gasteiger partial charge in [0.1, 0.15) is 4.88 Å². The van der Waals surface area contributed by atoms with Gasteiger partial charge in [0.05, 0.1) is 16.9 Å². The molecule has 0 spiro atoms. The lowest BCUT2D eigenvalue weighted by atomic mass is 10.3. The van der Waals surface area contributed by atoms with Crippen LogP contribution in [0.3, 0.4) is 0 Å². The Balaban J connectivity index is 2.48. The summed E-state index contributed by atoms with van der Waals surface area (Å²) in [6, 6.07) is 0.919. The molecule has 2 rings (SSSR count). The van der Waals surface area contributed by atoms with Crippen molar-refractivity contribution in [1.82, 2.24) is 4.72 Å². The van der Waals surface area contributed by atoms with Crippen LogP contribution in [0, 0.1) is 0 Å². The Morgan fingerprint density at radius 1 is 1.50 bits per heavy atom. The molecular weight excluding hydrogens is 291 g/mol. The van der Waals surface area contributed by atoms with E-state index in [2.05, 4.69) is 9.46 Å². The van der Waals surface area contributed by atoms with Gasteiger partial charge in [0.15, 0.2) is 11.5 Å². The molecule has 2 heterocycles. The molecule has 98 valence electrons. The fourth-order valence-electron chi connectivity index (χ4n) is 1.26. The van der Waals surface area contributed by atoms with Gasteiger partial charge < -0.3 is 14.6 Å². The van der Waals surface area contributed by atoms with Gasteiger partial charge >= 0.3 is 12.1 Å². The second kappa shape index (κ2) is 4.39. The van der Waals surface area contributed by atoms with E-state index in [4.69, 9.17) is 0 Å². The lowest BCUT2D eigenvalue weighted by molar-refractivity contribution is -0.136. The van der Waals surface area contributed by atoms with Crippen molar-refractivity contribution in [3.8, 4) is 0 Å². The van der Waals surface area contributed by atoms with Crippen LogP contribution >= 0.6 is 23.3 Å². The van der Waals surface area contributed by atoms with Gasteiger partial charge in [-0.1, -0.05) is 0 Å². The molecule has 1 aromatic heterocycles. The molecule has 0 atom stereocenters. The third-order valence-corrected chi connectivity index (χ3v) is 4.25. The second-order valence-corrected chi connectivity index (χ2v) is 5.12. The van der Waals surface area contributed by atoms with E-state index in [9.17, 15) is 23.1 Å². The van der Waals surface area contributed by atoms with Gasteiger partial charge in [-0.2, -0.15) is 13.2 Å². The van der Waals surface area contributed by atoms with Crippen LogP contribution in [0.4, 0.5) is 13.2 Å². The van der Waals surface area contributed by atoms with Gasteiger partial charge in [-0.15, -0.1) is 11.3 Å². The summed E-state index contributed by atoms with van der Waals surface area (Å²) >= 11 is 1.20. The van der Waals surface area contributed by atoms with Crippen LogP contribution in [0.15, 0.2) is 16.7 Å². The molecule has 0 unspecified atom stereocenters. The van der Waals surface area contributed by atoms with Crippen LogP contribution in [0.1, 0.15) is 9.75 Å². The van der Waals surface area contributed by atoms with Crippen molar-refractivity contribution in [2.24, 2.45) is 0 Å². The maximum Gasteiger partial charge on any atom is 0.425 e. The average Bonchev–Trinajstić information content (AvgIpc) is 2.73. The molecule has 4 nitrogen and oxygen atoms in total. The number of fused-ring (bicyclic) bond motifs is 1. The summed E-state index contributed by atoms with van der Waals surface area (Å²) in [5.74, 6) is -1.37. The summed E-state index contributed by atoms with van der Waals surface area (Å²) in [5.41, 5.74) is -0.259. The summed E-state index contributed by atoms with van der Waals surface area (Å²) < 4.78 is 44.4. The second-order valence-electron chi connectivity index (χ2n) is 3.22. The van der Waals surface area contributed by atoms with Crippen LogP contribution < -0.4 is 4.72 Å². The number of carbonyl (C=O) groups is 1. The first-order valence-corrected chi connectivity index (χ1v) is 6.13. The quantitative estimate of drug-likeness (QED) is 0.616. The predicted molar refractivity (Wildman–Crippen MR) is 59.9 cm³/mol. The number of hydrogen-bond acceptors (Lipinski definition) is 6. The SMILES string of the molecule is COC(=O)C1=C(O)c2sc(C(F)(F)F)cc2SN1. The number of rotatable bonds is 1. The maximum absolute atomic E-state index is 12.5. The van der Waals surface area contributed by atoms with Gasteiger partial charge in [0.2, 0.25) is 0 Å². The molecule has 1 aliphatic rings. The van der Waals surface area contributed by atoms with Crippen molar-refractivity contribution in [3.05, 3.63) is 21.5 Å². The lowest BCUT2D eigenvalue weighted by Gasteiger charge is -2.15. The topological polar surface area (TPSA) is 58.6 Å². The zero-order valence-corrected chi connectivity index (χ0v) is 10.4. The molecule has 0 radical (unpaired) electrons. The van der Waals surface area contributed by atoms with E-state index >= 15 is 0 Å².